The van der Waals surface area contributed by atoms with Crippen LogP contribution in [0.2, 0.25) is 0 Å². The van der Waals surface area contributed by atoms with Crippen LogP contribution >= 0.6 is 11.3 Å². The van der Waals surface area contributed by atoms with E-state index < -0.39 is 5.54 Å². The summed E-state index contributed by atoms with van der Waals surface area (Å²) in [7, 11) is 1.54. The Balaban J connectivity index is 1.93. The van der Waals surface area contributed by atoms with E-state index in [2.05, 4.69) is 5.32 Å². The number of nitrogens with one attached hydrogen (secondary N) is 1. The van der Waals surface area contributed by atoms with Crippen molar-refractivity contribution in [2.75, 3.05) is 7.11 Å². The van der Waals surface area contributed by atoms with Crippen LogP contribution in [-0.2, 0) is 5.54 Å². The normalized spacial score (nSPS) is 16.5. The number of rotatable bonds is 4. The Hall–Kier alpha value is -1.88. The SMILES string of the molecule is COc1ccsc1C(=O)NC1(c2ccccc2F)CCCC1. The zero-order valence-electron chi connectivity index (χ0n) is 12.4. The van der Waals surface area contributed by atoms with Crippen LogP contribution in [0.15, 0.2) is 35.7 Å². The molecule has 0 radical (unpaired) electrons. The summed E-state index contributed by atoms with van der Waals surface area (Å²) < 4.78 is 19.5. The number of hydrogen-bond acceptors (Lipinski definition) is 3. The highest BCUT2D eigenvalue weighted by Gasteiger charge is 2.39. The van der Waals surface area contributed by atoms with Crippen molar-refractivity contribution in [3.63, 3.8) is 0 Å². The molecular weight excluding hydrogens is 301 g/mol. The van der Waals surface area contributed by atoms with Gasteiger partial charge in [-0.1, -0.05) is 31.0 Å². The van der Waals surface area contributed by atoms with E-state index >= 15 is 0 Å². The maximum atomic E-state index is 14.3. The maximum absolute atomic E-state index is 14.3. The van der Waals surface area contributed by atoms with Gasteiger partial charge in [0.25, 0.3) is 5.91 Å². The fourth-order valence-electron chi connectivity index (χ4n) is 3.19. The molecule has 0 aliphatic heterocycles. The Morgan fingerprint density at radius 2 is 2.00 bits per heavy atom. The van der Waals surface area contributed by atoms with E-state index in [1.807, 2.05) is 11.4 Å². The predicted octanol–water partition coefficient (Wildman–Crippen LogP) is 4.10. The van der Waals surface area contributed by atoms with E-state index in [0.717, 1.165) is 25.7 Å². The molecule has 0 atom stereocenters. The number of hydrogen-bond donors (Lipinski definition) is 1. The number of methoxy groups -OCH3 is 1. The molecule has 1 N–H and O–H groups in total. The molecule has 3 rings (SSSR count). The molecule has 0 bridgehead atoms. The second-order valence-electron chi connectivity index (χ2n) is 5.54. The Kier molecular flexibility index (Phi) is 4.16. The third-order valence-electron chi connectivity index (χ3n) is 4.25. The molecule has 1 fully saturated rings. The number of benzene rings is 1. The molecule has 1 aliphatic carbocycles. The Morgan fingerprint density at radius 3 is 2.68 bits per heavy atom. The second-order valence-corrected chi connectivity index (χ2v) is 6.46. The van der Waals surface area contributed by atoms with E-state index in [4.69, 9.17) is 4.74 Å². The molecule has 1 aliphatic rings. The monoisotopic (exact) mass is 319 g/mol. The van der Waals surface area contributed by atoms with Gasteiger partial charge in [-0.25, -0.2) is 4.39 Å². The minimum atomic E-state index is -0.614. The summed E-state index contributed by atoms with van der Waals surface area (Å²) in [6.45, 7) is 0. The number of amides is 1. The summed E-state index contributed by atoms with van der Waals surface area (Å²) in [5.41, 5.74) is -0.0337. The van der Waals surface area contributed by atoms with Crippen LogP contribution in [0.5, 0.6) is 5.75 Å². The van der Waals surface area contributed by atoms with Crippen molar-refractivity contribution in [3.8, 4) is 5.75 Å². The van der Waals surface area contributed by atoms with Gasteiger partial charge in [0, 0.05) is 5.56 Å². The summed E-state index contributed by atoms with van der Waals surface area (Å²) in [4.78, 5) is 13.2. The summed E-state index contributed by atoms with van der Waals surface area (Å²) in [5, 5.41) is 4.90. The van der Waals surface area contributed by atoms with Crippen molar-refractivity contribution in [1.29, 1.82) is 0 Å². The van der Waals surface area contributed by atoms with Gasteiger partial charge in [0.15, 0.2) is 0 Å². The smallest absolute Gasteiger partial charge is 0.265 e. The number of ether oxygens (including phenoxy) is 1. The first-order valence-corrected chi connectivity index (χ1v) is 8.23. The lowest BCUT2D eigenvalue weighted by Crippen LogP contribution is -2.44. The summed E-state index contributed by atoms with van der Waals surface area (Å²) in [6.07, 6.45) is 3.48. The highest BCUT2D eigenvalue weighted by atomic mass is 32.1. The first-order chi connectivity index (χ1) is 10.7. The summed E-state index contributed by atoms with van der Waals surface area (Å²) >= 11 is 1.33. The molecule has 1 amide bonds. The molecule has 5 heteroatoms. The van der Waals surface area contributed by atoms with Crippen LogP contribution < -0.4 is 10.1 Å². The molecule has 3 nitrogen and oxygen atoms in total. The van der Waals surface area contributed by atoms with Gasteiger partial charge in [0.1, 0.15) is 16.4 Å². The minimum Gasteiger partial charge on any atom is -0.495 e. The average molecular weight is 319 g/mol. The topological polar surface area (TPSA) is 38.3 Å². The van der Waals surface area contributed by atoms with Crippen molar-refractivity contribution in [1.82, 2.24) is 5.32 Å². The van der Waals surface area contributed by atoms with Gasteiger partial charge in [-0.3, -0.25) is 4.79 Å². The lowest BCUT2D eigenvalue weighted by Gasteiger charge is -2.31. The summed E-state index contributed by atoms with van der Waals surface area (Å²) in [5.74, 6) is 0.101. The first-order valence-electron chi connectivity index (χ1n) is 7.35. The molecule has 2 aromatic rings. The van der Waals surface area contributed by atoms with E-state index in [-0.39, 0.29) is 11.7 Å². The Morgan fingerprint density at radius 1 is 1.27 bits per heavy atom. The van der Waals surface area contributed by atoms with Gasteiger partial charge in [0.05, 0.1) is 12.6 Å². The van der Waals surface area contributed by atoms with Gasteiger partial charge in [0.2, 0.25) is 0 Å². The zero-order chi connectivity index (χ0) is 15.6. The molecule has 1 saturated carbocycles. The van der Waals surface area contributed by atoms with Gasteiger partial charge in [-0.15, -0.1) is 11.3 Å². The lowest BCUT2D eigenvalue weighted by molar-refractivity contribution is 0.0898. The van der Waals surface area contributed by atoms with Crippen LogP contribution in [0.4, 0.5) is 4.39 Å². The van der Waals surface area contributed by atoms with Crippen LogP contribution in [0.1, 0.15) is 40.9 Å². The maximum Gasteiger partial charge on any atom is 0.265 e. The lowest BCUT2D eigenvalue weighted by atomic mass is 9.87. The number of carbonyl (C=O) groups excluding carboxylic acids is 1. The highest BCUT2D eigenvalue weighted by molar-refractivity contribution is 7.12. The van der Waals surface area contributed by atoms with Crippen LogP contribution in [-0.4, -0.2) is 13.0 Å². The molecule has 116 valence electrons. The van der Waals surface area contributed by atoms with Crippen molar-refractivity contribution >= 4 is 17.2 Å². The number of thiophene rings is 1. The third kappa shape index (κ3) is 2.61. The molecule has 0 unspecified atom stereocenters. The quantitative estimate of drug-likeness (QED) is 0.921. The first kappa shape index (κ1) is 15.0. The van der Waals surface area contributed by atoms with Crippen molar-refractivity contribution < 1.29 is 13.9 Å². The molecule has 22 heavy (non-hydrogen) atoms. The fraction of sp³-hybridized carbons (Fsp3) is 0.353. The molecular formula is C17H18FNO2S. The Bertz CT molecular complexity index is 677. The largest absolute Gasteiger partial charge is 0.495 e. The molecule has 1 aromatic carbocycles. The number of carbonyl (C=O) groups is 1. The van der Waals surface area contributed by atoms with Crippen molar-refractivity contribution in [2.45, 2.75) is 31.2 Å². The predicted molar refractivity (Wildman–Crippen MR) is 84.9 cm³/mol. The van der Waals surface area contributed by atoms with Gasteiger partial charge < -0.3 is 10.1 Å². The van der Waals surface area contributed by atoms with Crippen molar-refractivity contribution in [3.05, 3.63) is 52.0 Å². The van der Waals surface area contributed by atoms with Crippen LogP contribution in [0.25, 0.3) is 0 Å². The fourth-order valence-corrected chi connectivity index (χ4v) is 3.94. The van der Waals surface area contributed by atoms with E-state index in [0.29, 0.717) is 16.2 Å². The van der Waals surface area contributed by atoms with Crippen molar-refractivity contribution in [2.24, 2.45) is 0 Å². The van der Waals surface area contributed by atoms with Crippen LogP contribution in [0, 0.1) is 5.82 Å². The summed E-state index contributed by atoms with van der Waals surface area (Å²) in [6, 6.07) is 8.48. The van der Waals surface area contributed by atoms with Gasteiger partial charge in [-0.05, 0) is 30.4 Å². The molecule has 1 heterocycles. The minimum absolute atomic E-state index is 0.197. The van der Waals surface area contributed by atoms with E-state index in [9.17, 15) is 9.18 Å². The standard InChI is InChI=1S/C17H18FNO2S/c1-21-14-8-11-22-15(14)16(20)19-17(9-4-5-10-17)12-6-2-3-7-13(12)18/h2-3,6-8,11H,4-5,9-10H2,1H3,(H,19,20). The highest BCUT2D eigenvalue weighted by Crippen LogP contribution is 2.40. The molecule has 1 aromatic heterocycles. The molecule has 0 saturated heterocycles. The second kappa shape index (κ2) is 6.08. The van der Waals surface area contributed by atoms with Crippen LogP contribution in [0.3, 0.4) is 0 Å². The molecule has 0 spiro atoms. The average Bonchev–Trinajstić information content (AvgIpc) is 3.16. The van der Waals surface area contributed by atoms with Gasteiger partial charge >= 0.3 is 0 Å². The Labute approximate surface area is 133 Å². The zero-order valence-corrected chi connectivity index (χ0v) is 13.2. The van der Waals surface area contributed by atoms with E-state index in [1.54, 1.807) is 25.3 Å². The van der Waals surface area contributed by atoms with Gasteiger partial charge in [-0.2, -0.15) is 0 Å². The third-order valence-corrected chi connectivity index (χ3v) is 5.15. The van der Waals surface area contributed by atoms with E-state index in [1.165, 1.54) is 17.4 Å². The number of halogens is 1.